The van der Waals surface area contributed by atoms with Gasteiger partial charge in [-0.2, -0.15) is 0 Å². The molecule has 2 amide bonds. The maximum atomic E-state index is 12.8. The number of amides is 2. The molecule has 1 atom stereocenters. The van der Waals surface area contributed by atoms with Crippen molar-refractivity contribution in [1.29, 1.82) is 0 Å². The quantitative estimate of drug-likeness (QED) is 0.788. The van der Waals surface area contributed by atoms with Crippen molar-refractivity contribution >= 4 is 40.7 Å². The lowest BCUT2D eigenvalue weighted by Crippen LogP contribution is -2.57. The molecular weight excluding hydrogens is 359 g/mol. The number of anilines is 1. The van der Waals surface area contributed by atoms with Crippen molar-refractivity contribution in [2.75, 3.05) is 18.0 Å². The van der Waals surface area contributed by atoms with Crippen molar-refractivity contribution in [3.63, 3.8) is 0 Å². The highest BCUT2D eigenvalue weighted by molar-refractivity contribution is 6.31. The Hall–Kier alpha value is -2.04. The van der Waals surface area contributed by atoms with E-state index in [1.165, 1.54) is 0 Å². The minimum atomic E-state index is -0.555. The normalized spacial score (nSPS) is 17.8. The summed E-state index contributed by atoms with van der Waals surface area (Å²) in [7, 11) is 0. The second kappa shape index (κ2) is 7.06. The SMILES string of the molecule is Cc1ccc(N2CCN(C(=O)c3cccc(Cl)c3)C(C)C2=O)cc1Cl. The summed E-state index contributed by atoms with van der Waals surface area (Å²) in [6.45, 7) is 4.53. The van der Waals surface area contributed by atoms with Crippen LogP contribution in [0.2, 0.25) is 10.0 Å². The van der Waals surface area contributed by atoms with Crippen molar-refractivity contribution < 1.29 is 9.59 Å². The Balaban J connectivity index is 1.81. The second-order valence-electron chi connectivity index (χ2n) is 6.11. The topological polar surface area (TPSA) is 40.6 Å². The van der Waals surface area contributed by atoms with Gasteiger partial charge in [0, 0.05) is 34.4 Å². The lowest BCUT2D eigenvalue weighted by molar-refractivity contribution is -0.124. The van der Waals surface area contributed by atoms with Gasteiger partial charge in [-0.25, -0.2) is 0 Å². The molecule has 4 nitrogen and oxygen atoms in total. The summed E-state index contributed by atoms with van der Waals surface area (Å²) in [5.41, 5.74) is 2.20. The van der Waals surface area contributed by atoms with Crippen LogP contribution in [0.3, 0.4) is 0 Å². The Kier molecular flexibility index (Phi) is 5.02. The van der Waals surface area contributed by atoms with E-state index >= 15 is 0 Å². The molecule has 0 aliphatic carbocycles. The first-order valence-electron chi connectivity index (χ1n) is 8.02. The van der Waals surface area contributed by atoms with E-state index in [0.29, 0.717) is 28.7 Å². The van der Waals surface area contributed by atoms with Crippen molar-refractivity contribution in [3.05, 3.63) is 63.6 Å². The van der Waals surface area contributed by atoms with Gasteiger partial charge in [-0.15, -0.1) is 0 Å². The van der Waals surface area contributed by atoms with Gasteiger partial charge in [-0.1, -0.05) is 35.3 Å². The van der Waals surface area contributed by atoms with Crippen LogP contribution in [-0.4, -0.2) is 35.8 Å². The number of hydrogen-bond acceptors (Lipinski definition) is 2. The first kappa shape index (κ1) is 17.8. The number of carbonyl (C=O) groups is 2. The van der Waals surface area contributed by atoms with Gasteiger partial charge in [0.05, 0.1) is 0 Å². The van der Waals surface area contributed by atoms with E-state index in [9.17, 15) is 9.59 Å². The van der Waals surface area contributed by atoms with Crippen LogP contribution in [-0.2, 0) is 4.79 Å². The number of carbonyl (C=O) groups excluding carboxylic acids is 2. The van der Waals surface area contributed by atoms with Crippen LogP contribution in [0.4, 0.5) is 5.69 Å². The van der Waals surface area contributed by atoms with Gasteiger partial charge < -0.3 is 9.80 Å². The fraction of sp³-hybridized carbons (Fsp3) is 0.263. The largest absolute Gasteiger partial charge is 0.325 e. The van der Waals surface area contributed by atoms with Crippen molar-refractivity contribution in [2.45, 2.75) is 19.9 Å². The predicted molar refractivity (Wildman–Crippen MR) is 100 cm³/mol. The molecule has 130 valence electrons. The molecule has 1 aliphatic heterocycles. The molecule has 0 spiro atoms. The second-order valence-corrected chi connectivity index (χ2v) is 6.95. The number of benzene rings is 2. The molecule has 25 heavy (non-hydrogen) atoms. The van der Waals surface area contributed by atoms with Crippen LogP contribution in [0.1, 0.15) is 22.8 Å². The molecule has 0 radical (unpaired) electrons. The van der Waals surface area contributed by atoms with Crippen molar-refractivity contribution in [2.24, 2.45) is 0 Å². The molecule has 0 aromatic heterocycles. The Morgan fingerprint density at radius 2 is 1.88 bits per heavy atom. The number of hydrogen-bond donors (Lipinski definition) is 0. The molecule has 3 rings (SSSR count). The first-order valence-corrected chi connectivity index (χ1v) is 8.78. The van der Waals surface area contributed by atoms with E-state index in [-0.39, 0.29) is 11.8 Å². The molecule has 0 saturated carbocycles. The highest BCUT2D eigenvalue weighted by Crippen LogP contribution is 2.26. The average molecular weight is 377 g/mol. The minimum Gasteiger partial charge on any atom is -0.325 e. The molecule has 1 heterocycles. The maximum absolute atomic E-state index is 12.8. The summed E-state index contributed by atoms with van der Waals surface area (Å²) in [4.78, 5) is 28.8. The number of rotatable bonds is 2. The highest BCUT2D eigenvalue weighted by Gasteiger charge is 2.35. The number of aryl methyl sites for hydroxylation is 1. The van der Waals surface area contributed by atoms with Gasteiger partial charge in [-0.3, -0.25) is 9.59 Å². The molecule has 2 aromatic carbocycles. The van der Waals surface area contributed by atoms with Crippen molar-refractivity contribution in [3.8, 4) is 0 Å². The molecule has 1 aliphatic rings. The van der Waals surface area contributed by atoms with Gasteiger partial charge >= 0.3 is 0 Å². The van der Waals surface area contributed by atoms with Gasteiger partial charge in [0.15, 0.2) is 0 Å². The van der Waals surface area contributed by atoms with Gasteiger partial charge in [0.25, 0.3) is 5.91 Å². The molecule has 6 heteroatoms. The fourth-order valence-corrected chi connectivity index (χ4v) is 3.31. The van der Waals surface area contributed by atoms with Crippen LogP contribution in [0.5, 0.6) is 0 Å². The Bertz CT molecular complexity index is 838. The smallest absolute Gasteiger partial charge is 0.254 e. The first-order chi connectivity index (χ1) is 11.9. The van der Waals surface area contributed by atoms with Crippen LogP contribution in [0.15, 0.2) is 42.5 Å². The van der Waals surface area contributed by atoms with Crippen LogP contribution < -0.4 is 4.90 Å². The summed E-state index contributed by atoms with van der Waals surface area (Å²) in [6, 6.07) is 11.8. The third-order valence-corrected chi connectivity index (χ3v) is 5.10. The summed E-state index contributed by atoms with van der Waals surface area (Å²) in [5, 5.41) is 1.12. The van der Waals surface area contributed by atoms with E-state index in [1.807, 2.05) is 19.1 Å². The van der Waals surface area contributed by atoms with Gasteiger partial charge in [-0.05, 0) is 49.7 Å². The zero-order valence-corrected chi connectivity index (χ0v) is 15.5. The zero-order valence-electron chi connectivity index (χ0n) is 14.0. The standard InChI is InChI=1S/C19H18Cl2N2O2/c1-12-6-7-16(11-17(12)21)23-9-8-22(13(2)18(23)24)19(25)14-4-3-5-15(20)10-14/h3-7,10-11,13H,8-9H2,1-2H3. The zero-order chi connectivity index (χ0) is 18.1. The molecule has 1 fully saturated rings. The number of piperazine rings is 1. The summed E-state index contributed by atoms with van der Waals surface area (Å²) < 4.78 is 0. The monoisotopic (exact) mass is 376 g/mol. The average Bonchev–Trinajstić information content (AvgIpc) is 2.59. The van der Waals surface area contributed by atoms with Crippen molar-refractivity contribution in [1.82, 2.24) is 4.90 Å². The molecule has 2 aromatic rings. The fourth-order valence-electron chi connectivity index (χ4n) is 2.94. The lowest BCUT2D eigenvalue weighted by atomic mass is 10.1. The summed E-state index contributed by atoms with van der Waals surface area (Å²) in [5.74, 6) is -0.313. The van der Waals surface area contributed by atoms with Gasteiger partial charge in [0.1, 0.15) is 6.04 Å². The molecule has 0 bridgehead atoms. The number of nitrogens with zero attached hydrogens (tertiary/aromatic N) is 2. The third-order valence-electron chi connectivity index (χ3n) is 4.45. The highest BCUT2D eigenvalue weighted by atomic mass is 35.5. The van der Waals surface area contributed by atoms with Crippen LogP contribution in [0, 0.1) is 6.92 Å². The lowest BCUT2D eigenvalue weighted by Gasteiger charge is -2.39. The number of halogens is 2. The molecule has 0 N–H and O–H groups in total. The Morgan fingerprint density at radius 3 is 2.56 bits per heavy atom. The van der Waals surface area contributed by atoms with Crippen LogP contribution >= 0.6 is 23.2 Å². The van der Waals surface area contributed by atoms with E-state index in [1.54, 1.807) is 47.1 Å². The van der Waals surface area contributed by atoms with E-state index in [2.05, 4.69) is 0 Å². The summed E-state index contributed by atoms with van der Waals surface area (Å²) >= 11 is 12.1. The molecule has 1 saturated heterocycles. The van der Waals surface area contributed by atoms with Crippen LogP contribution in [0.25, 0.3) is 0 Å². The molecule has 1 unspecified atom stereocenters. The minimum absolute atomic E-state index is 0.124. The molecular formula is C19H18Cl2N2O2. The maximum Gasteiger partial charge on any atom is 0.254 e. The Labute approximate surface area is 156 Å². The predicted octanol–water partition coefficient (Wildman–Crippen LogP) is 4.18. The third kappa shape index (κ3) is 3.51. The van der Waals surface area contributed by atoms with E-state index < -0.39 is 6.04 Å². The Morgan fingerprint density at radius 1 is 1.12 bits per heavy atom. The van der Waals surface area contributed by atoms with E-state index in [0.717, 1.165) is 11.3 Å². The van der Waals surface area contributed by atoms with Gasteiger partial charge in [0.2, 0.25) is 5.91 Å². The van der Waals surface area contributed by atoms with E-state index in [4.69, 9.17) is 23.2 Å². The summed E-state index contributed by atoms with van der Waals surface area (Å²) in [6.07, 6.45) is 0.